The Hall–Kier alpha value is -2.49. The van der Waals surface area contributed by atoms with Crippen molar-refractivity contribution in [2.24, 2.45) is 22.1 Å². The number of nitrogens with one attached hydrogen (secondary N) is 1. The van der Waals surface area contributed by atoms with Gasteiger partial charge in [-0.05, 0) is 55.2 Å². The maximum Gasteiger partial charge on any atom is 0.227 e. The normalized spacial score (nSPS) is 18.6. The molecule has 0 heterocycles. The number of unbranched alkanes of at least 4 members (excludes halogenated alkanes) is 4. The minimum Gasteiger partial charge on any atom is -0.326 e. The van der Waals surface area contributed by atoms with E-state index in [1.54, 1.807) is 0 Å². The molecular formula is C23H29N3O. The Kier molecular flexibility index (Phi) is 7.14. The number of hydrogen-bond donors (Lipinski definition) is 1. The molecule has 0 saturated heterocycles. The van der Waals surface area contributed by atoms with Gasteiger partial charge < -0.3 is 5.32 Å². The van der Waals surface area contributed by atoms with Crippen LogP contribution >= 0.6 is 0 Å². The lowest BCUT2D eigenvalue weighted by molar-refractivity contribution is -0.117. The lowest BCUT2D eigenvalue weighted by Gasteiger charge is -2.05. The molecule has 0 bridgehead atoms. The molecule has 1 aliphatic rings. The highest BCUT2D eigenvalue weighted by Gasteiger charge is 2.42. The molecule has 27 heavy (non-hydrogen) atoms. The average molecular weight is 364 g/mol. The Bertz CT molecular complexity index is 740. The van der Waals surface area contributed by atoms with Crippen LogP contribution in [0.25, 0.3) is 0 Å². The Morgan fingerprint density at radius 3 is 2.30 bits per heavy atom. The van der Waals surface area contributed by atoms with Crippen molar-refractivity contribution in [1.82, 2.24) is 0 Å². The van der Waals surface area contributed by atoms with E-state index in [1.807, 2.05) is 54.6 Å². The number of anilines is 1. The fraction of sp³-hybridized carbons (Fsp3) is 0.435. The Morgan fingerprint density at radius 1 is 0.926 bits per heavy atom. The molecule has 2 aromatic carbocycles. The number of rotatable bonds is 10. The highest BCUT2D eigenvalue weighted by Crippen LogP contribution is 2.43. The van der Waals surface area contributed by atoms with Gasteiger partial charge in [0.05, 0.1) is 11.4 Å². The van der Waals surface area contributed by atoms with Crippen molar-refractivity contribution in [3.63, 3.8) is 0 Å². The van der Waals surface area contributed by atoms with Crippen molar-refractivity contribution >= 4 is 23.0 Å². The molecule has 4 nitrogen and oxygen atoms in total. The third kappa shape index (κ3) is 6.31. The van der Waals surface area contributed by atoms with E-state index in [9.17, 15) is 4.79 Å². The molecule has 4 heteroatoms. The number of nitrogens with zero attached hydrogens (tertiary/aromatic N) is 2. The van der Waals surface area contributed by atoms with E-state index in [1.165, 1.54) is 38.5 Å². The van der Waals surface area contributed by atoms with Gasteiger partial charge in [-0.2, -0.15) is 10.2 Å². The summed E-state index contributed by atoms with van der Waals surface area (Å²) in [5, 5.41) is 11.5. The maximum absolute atomic E-state index is 12.4. The smallest absolute Gasteiger partial charge is 0.227 e. The number of amides is 1. The third-order valence-corrected chi connectivity index (χ3v) is 5.11. The summed E-state index contributed by atoms with van der Waals surface area (Å²) in [6.45, 7) is 2.24. The van der Waals surface area contributed by atoms with E-state index < -0.39 is 0 Å². The van der Waals surface area contributed by atoms with Crippen molar-refractivity contribution in [3.8, 4) is 0 Å². The first-order valence-corrected chi connectivity index (χ1v) is 10.1. The molecule has 2 atom stereocenters. The zero-order valence-electron chi connectivity index (χ0n) is 16.1. The third-order valence-electron chi connectivity index (χ3n) is 5.11. The molecular weight excluding hydrogens is 334 g/mol. The van der Waals surface area contributed by atoms with Gasteiger partial charge in [-0.1, -0.05) is 57.2 Å². The van der Waals surface area contributed by atoms with E-state index in [2.05, 4.69) is 22.5 Å². The van der Waals surface area contributed by atoms with Gasteiger partial charge in [0.25, 0.3) is 0 Å². The summed E-state index contributed by atoms with van der Waals surface area (Å²) in [5.74, 6) is 0.950. The van der Waals surface area contributed by atoms with Crippen LogP contribution in [-0.2, 0) is 4.79 Å². The second-order valence-electron chi connectivity index (χ2n) is 7.38. The van der Waals surface area contributed by atoms with Crippen molar-refractivity contribution in [2.75, 3.05) is 5.32 Å². The Balaban J connectivity index is 1.41. The lowest BCUT2D eigenvalue weighted by Crippen LogP contribution is -2.14. The number of hydrogen-bond acceptors (Lipinski definition) is 3. The van der Waals surface area contributed by atoms with Gasteiger partial charge in [-0.25, -0.2) is 0 Å². The topological polar surface area (TPSA) is 53.8 Å². The van der Waals surface area contributed by atoms with Gasteiger partial charge in [-0.3, -0.25) is 4.79 Å². The molecule has 142 valence electrons. The summed E-state index contributed by atoms with van der Waals surface area (Å²) >= 11 is 0. The molecule has 0 spiro atoms. The van der Waals surface area contributed by atoms with Gasteiger partial charge in [0.15, 0.2) is 0 Å². The van der Waals surface area contributed by atoms with Crippen molar-refractivity contribution in [2.45, 2.75) is 51.9 Å². The summed E-state index contributed by atoms with van der Waals surface area (Å²) < 4.78 is 0. The molecule has 3 rings (SSSR count). The van der Waals surface area contributed by atoms with Crippen LogP contribution in [-0.4, -0.2) is 5.91 Å². The van der Waals surface area contributed by atoms with Gasteiger partial charge in [0.1, 0.15) is 0 Å². The largest absolute Gasteiger partial charge is 0.326 e. The predicted octanol–water partition coefficient (Wildman–Crippen LogP) is 7.04. The summed E-state index contributed by atoms with van der Waals surface area (Å²) in [7, 11) is 0. The fourth-order valence-corrected chi connectivity index (χ4v) is 3.35. The molecule has 1 saturated carbocycles. The van der Waals surface area contributed by atoms with Gasteiger partial charge in [0, 0.05) is 11.6 Å². The van der Waals surface area contributed by atoms with Crippen molar-refractivity contribution in [1.29, 1.82) is 0 Å². The zero-order valence-corrected chi connectivity index (χ0v) is 16.1. The van der Waals surface area contributed by atoms with E-state index in [0.29, 0.717) is 5.92 Å². The second kappa shape index (κ2) is 10.0. The Morgan fingerprint density at radius 2 is 1.59 bits per heavy atom. The molecule has 1 fully saturated rings. The predicted molar refractivity (Wildman–Crippen MR) is 111 cm³/mol. The van der Waals surface area contributed by atoms with E-state index in [-0.39, 0.29) is 11.8 Å². The summed E-state index contributed by atoms with van der Waals surface area (Å²) in [6.07, 6.45) is 8.74. The molecule has 0 aromatic heterocycles. The van der Waals surface area contributed by atoms with Crippen LogP contribution in [0, 0.1) is 11.8 Å². The number of carbonyl (C=O) groups excluding carboxylic acids is 1. The first-order chi connectivity index (χ1) is 13.3. The quantitative estimate of drug-likeness (QED) is 0.357. The lowest BCUT2D eigenvalue weighted by atomic mass is 10.1. The number of azo groups is 1. The van der Waals surface area contributed by atoms with Crippen LogP contribution in [0.15, 0.2) is 64.8 Å². The highest BCUT2D eigenvalue weighted by atomic mass is 16.2. The molecule has 0 aliphatic heterocycles. The van der Waals surface area contributed by atoms with Crippen LogP contribution in [0.5, 0.6) is 0 Å². The van der Waals surface area contributed by atoms with Crippen LogP contribution < -0.4 is 5.32 Å². The van der Waals surface area contributed by atoms with E-state index in [0.717, 1.165) is 23.5 Å². The molecule has 1 aliphatic carbocycles. The van der Waals surface area contributed by atoms with Gasteiger partial charge >= 0.3 is 0 Å². The molecule has 1 amide bonds. The first kappa shape index (κ1) is 19.3. The fourth-order valence-electron chi connectivity index (χ4n) is 3.35. The summed E-state index contributed by atoms with van der Waals surface area (Å²) in [5.41, 5.74) is 2.42. The number of benzene rings is 2. The second-order valence-corrected chi connectivity index (χ2v) is 7.38. The van der Waals surface area contributed by atoms with Gasteiger partial charge in [0.2, 0.25) is 5.91 Å². The van der Waals surface area contributed by atoms with Crippen LogP contribution in [0.1, 0.15) is 51.9 Å². The minimum absolute atomic E-state index is 0.159. The summed E-state index contributed by atoms with van der Waals surface area (Å²) in [6, 6.07) is 17.2. The maximum atomic E-state index is 12.4. The molecule has 2 aromatic rings. The summed E-state index contributed by atoms with van der Waals surface area (Å²) in [4.78, 5) is 12.4. The standard InChI is InChI=1S/C23H29N3O/c1-2-3-4-5-7-10-18-17-22(18)23(27)24-19-13-15-21(16-14-19)26-25-20-11-8-6-9-12-20/h6,8-9,11-16,18,22H,2-5,7,10,17H2,1H3,(H,24,27)/t18-,22+/m1/s1. The van der Waals surface area contributed by atoms with Crippen molar-refractivity contribution < 1.29 is 4.79 Å². The van der Waals surface area contributed by atoms with E-state index >= 15 is 0 Å². The molecule has 1 N–H and O–H groups in total. The Labute approximate surface area is 162 Å². The average Bonchev–Trinajstić information content (AvgIpc) is 3.48. The van der Waals surface area contributed by atoms with Gasteiger partial charge in [-0.15, -0.1) is 0 Å². The highest BCUT2D eigenvalue weighted by molar-refractivity contribution is 5.94. The van der Waals surface area contributed by atoms with Crippen LogP contribution in [0.2, 0.25) is 0 Å². The molecule has 0 radical (unpaired) electrons. The molecule has 0 unspecified atom stereocenters. The minimum atomic E-state index is 0.159. The monoisotopic (exact) mass is 363 g/mol. The SMILES string of the molecule is CCCCCCC[C@@H]1C[C@@H]1C(=O)Nc1ccc(N=Nc2ccccc2)cc1. The number of carbonyl (C=O) groups is 1. The van der Waals surface area contributed by atoms with Crippen LogP contribution in [0.4, 0.5) is 17.1 Å². The van der Waals surface area contributed by atoms with Crippen LogP contribution in [0.3, 0.4) is 0 Å². The first-order valence-electron chi connectivity index (χ1n) is 10.1. The van der Waals surface area contributed by atoms with Crippen molar-refractivity contribution in [3.05, 3.63) is 54.6 Å². The zero-order chi connectivity index (χ0) is 18.9. The van der Waals surface area contributed by atoms with E-state index in [4.69, 9.17) is 0 Å².